The van der Waals surface area contributed by atoms with E-state index in [0.717, 1.165) is 19.2 Å². The van der Waals surface area contributed by atoms with E-state index in [1.165, 1.54) is 17.4 Å². The third kappa shape index (κ3) is 2.66. The van der Waals surface area contributed by atoms with Gasteiger partial charge in [-0.15, -0.1) is 11.3 Å². The van der Waals surface area contributed by atoms with Crippen LogP contribution >= 0.6 is 43.2 Å². The zero-order valence-corrected chi connectivity index (χ0v) is 13.3. The Morgan fingerprint density at radius 2 is 1.83 bits per heavy atom. The molecule has 2 rings (SSSR count). The lowest BCUT2D eigenvalue weighted by Gasteiger charge is -2.12. The van der Waals surface area contributed by atoms with E-state index < -0.39 is 17.7 Å². The molecule has 0 bridgehead atoms. The monoisotopic (exact) mass is 395 g/mol. The van der Waals surface area contributed by atoms with Crippen LogP contribution in [0.1, 0.15) is 22.0 Å². The molecule has 0 fully saturated rings. The van der Waals surface area contributed by atoms with Crippen LogP contribution in [0.5, 0.6) is 0 Å². The highest BCUT2D eigenvalue weighted by Crippen LogP contribution is 2.37. The summed E-state index contributed by atoms with van der Waals surface area (Å²) in [5.74, 6) is -1.18. The molecular formula is C12H9Br2F2NS. The molecule has 0 saturated heterocycles. The molecule has 1 unspecified atom stereocenters. The second kappa shape index (κ2) is 5.36. The molecule has 6 heteroatoms. The summed E-state index contributed by atoms with van der Waals surface area (Å²) in [6.07, 6.45) is 0. The average Bonchev–Trinajstić information content (AvgIpc) is 2.63. The van der Waals surface area contributed by atoms with Crippen molar-refractivity contribution in [1.29, 1.82) is 0 Å². The lowest BCUT2D eigenvalue weighted by Crippen LogP contribution is -2.13. The molecule has 1 aromatic carbocycles. The Morgan fingerprint density at radius 1 is 1.17 bits per heavy atom. The van der Waals surface area contributed by atoms with Gasteiger partial charge in [-0.25, -0.2) is 8.78 Å². The fraction of sp³-hybridized carbons (Fsp3) is 0.167. The first-order valence-electron chi connectivity index (χ1n) is 5.06. The Hall–Kier alpha value is -0.300. The van der Waals surface area contributed by atoms with Crippen molar-refractivity contribution >= 4 is 43.2 Å². The predicted molar refractivity (Wildman–Crippen MR) is 76.8 cm³/mol. The summed E-state index contributed by atoms with van der Waals surface area (Å²) in [6, 6.07) is 3.56. The van der Waals surface area contributed by atoms with E-state index in [2.05, 4.69) is 31.9 Å². The lowest BCUT2D eigenvalue weighted by molar-refractivity contribution is 0.561. The highest BCUT2D eigenvalue weighted by molar-refractivity contribution is 9.13. The van der Waals surface area contributed by atoms with Crippen molar-refractivity contribution in [2.45, 2.75) is 13.0 Å². The van der Waals surface area contributed by atoms with E-state index in [4.69, 9.17) is 5.73 Å². The molecule has 2 N–H and O–H groups in total. The minimum atomic E-state index is -0.619. The number of benzene rings is 1. The maximum Gasteiger partial charge on any atom is 0.131 e. The fourth-order valence-electron chi connectivity index (χ4n) is 1.59. The minimum Gasteiger partial charge on any atom is -0.320 e. The maximum absolute atomic E-state index is 13.7. The number of hydrogen-bond acceptors (Lipinski definition) is 2. The van der Waals surface area contributed by atoms with Crippen LogP contribution in [-0.4, -0.2) is 0 Å². The first-order valence-corrected chi connectivity index (χ1v) is 7.46. The van der Waals surface area contributed by atoms with Gasteiger partial charge in [0.25, 0.3) is 0 Å². The second-order valence-electron chi connectivity index (χ2n) is 3.87. The van der Waals surface area contributed by atoms with Gasteiger partial charge in [0.2, 0.25) is 0 Å². The van der Waals surface area contributed by atoms with Gasteiger partial charge in [-0.3, -0.25) is 0 Å². The summed E-state index contributed by atoms with van der Waals surface area (Å²) < 4.78 is 28.7. The highest BCUT2D eigenvalue weighted by Gasteiger charge is 2.18. The molecular weight excluding hydrogens is 388 g/mol. The van der Waals surface area contributed by atoms with Gasteiger partial charge in [0.15, 0.2) is 0 Å². The molecule has 2 aromatic rings. The highest BCUT2D eigenvalue weighted by atomic mass is 79.9. The van der Waals surface area contributed by atoms with E-state index in [0.29, 0.717) is 11.1 Å². The molecule has 18 heavy (non-hydrogen) atoms. The van der Waals surface area contributed by atoms with Crippen molar-refractivity contribution in [3.05, 3.63) is 54.1 Å². The third-order valence-electron chi connectivity index (χ3n) is 2.58. The van der Waals surface area contributed by atoms with Crippen molar-refractivity contribution < 1.29 is 8.78 Å². The molecule has 0 radical (unpaired) electrons. The average molecular weight is 397 g/mol. The largest absolute Gasteiger partial charge is 0.320 e. The Bertz CT molecular complexity index is 579. The zero-order valence-electron chi connectivity index (χ0n) is 9.31. The van der Waals surface area contributed by atoms with Gasteiger partial charge in [0.05, 0.1) is 9.83 Å². The van der Waals surface area contributed by atoms with Crippen molar-refractivity contribution in [2.75, 3.05) is 0 Å². The predicted octanol–water partition coefficient (Wildman–Crippen LogP) is 4.91. The summed E-state index contributed by atoms with van der Waals surface area (Å²) in [7, 11) is 0. The molecule has 96 valence electrons. The lowest BCUT2D eigenvalue weighted by atomic mass is 10.0. The fourth-order valence-corrected chi connectivity index (χ4v) is 3.70. The quantitative estimate of drug-likeness (QED) is 0.766. The first kappa shape index (κ1) is 14.1. The molecule has 1 nitrogen and oxygen atoms in total. The van der Waals surface area contributed by atoms with Crippen LogP contribution in [0.2, 0.25) is 0 Å². The summed E-state index contributed by atoms with van der Waals surface area (Å²) in [5, 5.41) is 0. The number of aryl methyl sites for hydroxylation is 1. The molecule has 0 aliphatic carbocycles. The molecule has 0 spiro atoms. The number of rotatable bonds is 2. The van der Waals surface area contributed by atoms with Gasteiger partial charge >= 0.3 is 0 Å². The van der Waals surface area contributed by atoms with Gasteiger partial charge in [-0.1, -0.05) is 0 Å². The number of halogens is 4. The molecule has 1 aromatic heterocycles. The Kier molecular flexibility index (Phi) is 4.21. The Morgan fingerprint density at radius 3 is 2.39 bits per heavy atom. The van der Waals surface area contributed by atoms with Crippen LogP contribution in [0.15, 0.2) is 26.5 Å². The topological polar surface area (TPSA) is 26.0 Å². The van der Waals surface area contributed by atoms with Crippen LogP contribution < -0.4 is 5.73 Å². The normalized spacial score (nSPS) is 12.8. The SMILES string of the molecule is Cc1cc(C(N)c2cc(Br)c(Br)s2)c(F)cc1F. The number of nitrogens with two attached hydrogens (primary N) is 1. The molecule has 0 aliphatic heterocycles. The first-order chi connectivity index (χ1) is 8.40. The summed E-state index contributed by atoms with van der Waals surface area (Å²) >= 11 is 8.14. The molecule has 0 aliphatic rings. The van der Waals surface area contributed by atoms with E-state index in [1.54, 1.807) is 6.92 Å². The maximum atomic E-state index is 13.7. The van der Waals surface area contributed by atoms with Crippen molar-refractivity contribution in [3.63, 3.8) is 0 Å². The van der Waals surface area contributed by atoms with Crippen LogP contribution in [0.25, 0.3) is 0 Å². The van der Waals surface area contributed by atoms with Gasteiger partial charge in [-0.2, -0.15) is 0 Å². The Balaban J connectivity index is 2.45. The van der Waals surface area contributed by atoms with Crippen LogP contribution in [-0.2, 0) is 0 Å². The van der Waals surface area contributed by atoms with E-state index in [-0.39, 0.29) is 0 Å². The number of hydrogen-bond donors (Lipinski definition) is 1. The van der Waals surface area contributed by atoms with Gasteiger partial charge in [-0.05, 0) is 56.5 Å². The Labute approximate surface area is 124 Å². The summed E-state index contributed by atoms with van der Waals surface area (Å²) in [4.78, 5) is 0.804. The summed E-state index contributed by atoms with van der Waals surface area (Å²) in [5.41, 5.74) is 6.71. The van der Waals surface area contributed by atoms with Gasteiger partial charge in [0, 0.05) is 21.0 Å². The van der Waals surface area contributed by atoms with Gasteiger partial charge < -0.3 is 5.73 Å². The van der Waals surface area contributed by atoms with Crippen molar-refractivity contribution in [3.8, 4) is 0 Å². The van der Waals surface area contributed by atoms with Crippen molar-refractivity contribution in [2.24, 2.45) is 5.73 Å². The smallest absolute Gasteiger partial charge is 0.131 e. The van der Waals surface area contributed by atoms with Crippen LogP contribution in [0.3, 0.4) is 0 Å². The second-order valence-corrected chi connectivity index (χ2v) is 7.13. The molecule has 1 atom stereocenters. The molecule has 0 amide bonds. The van der Waals surface area contributed by atoms with Crippen LogP contribution in [0, 0.1) is 18.6 Å². The number of thiophene rings is 1. The summed E-state index contributed by atoms with van der Waals surface area (Å²) in [6.45, 7) is 1.59. The minimum absolute atomic E-state index is 0.301. The van der Waals surface area contributed by atoms with E-state index in [1.807, 2.05) is 6.07 Å². The van der Waals surface area contributed by atoms with Gasteiger partial charge in [0.1, 0.15) is 11.6 Å². The standard InChI is InChI=1S/C12H9Br2F2NS/c1-5-2-6(9(16)4-8(5)15)11(17)10-3-7(13)12(14)18-10/h2-4,11H,17H2,1H3. The van der Waals surface area contributed by atoms with Crippen molar-refractivity contribution in [1.82, 2.24) is 0 Å². The third-order valence-corrected chi connectivity index (χ3v) is 5.92. The van der Waals surface area contributed by atoms with Crippen LogP contribution in [0.4, 0.5) is 8.78 Å². The molecule has 1 heterocycles. The molecule has 0 saturated carbocycles. The van der Waals surface area contributed by atoms with E-state index in [9.17, 15) is 8.78 Å². The van der Waals surface area contributed by atoms with E-state index >= 15 is 0 Å². The zero-order chi connectivity index (χ0) is 13.4.